The second-order valence-corrected chi connectivity index (χ2v) is 3.05. The number of aliphatic hydroxyl groups is 1. The van der Waals surface area contributed by atoms with Crippen molar-refractivity contribution in [2.24, 2.45) is 0 Å². The minimum absolute atomic E-state index is 0.288. The Morgan fingerprint density at radius 3 is 2.43 bits per heavy atom. The number of rotatable bonds is 2. The van der Waals surface area contributed by atoms with Gasteiger partial charge in [-0.3, -0.25) is 0 Å². The third kappa shape index (κ3) is 2.62. The first-order valence-electron chi connectivity index (χ1n) is 3.53. The highest BCUT2D eigenvalue weighted by atomic mass is 35.5. The monoisotopic (exact) mass is 213 g/mol. The van der Waals surface area contributed by atoms with Gasteiger partial charge in [-0.05, 0) is 12.1 Å². The minimum Gasteiger partial charge on any atom is -0.390 e. The van der Waals surface area contributed by atoms with Crippen LogP contribution in [0.1, 0.15) is 0 Å². The van der Waals surface area contributed by atoms with Crippen LogP contribution < -0.4 is 5.32 Å². The molecule has 0 unspecified atom stereocenters. The lowest BCUT2D eigenvalue weighted by Crippen LogP contribution is -2.39. The van der Waals surface area contributed by atoms with Gasteiger partial charge in [-0.15, -0.1) is 0 Å². The first-order chi connectivity index (χ1) is 6.31. The molecule has 14 heavy (non-hydrogen) atoms. The molecule has 0 saturated heterocycles. The maximum atomic E-state index is 13.1. The van der Waals surface area contributed by atoms with Gasteiger partial charge in [-0.25, -0.2) is 8.78 Å². The molecule has 4 radical (unpaired) electrons. The molecule has 0 spiro atoms. The second-order valence-electron chi connectivity index (χ2n) is 2.67. The van der Waals surface area contributed by atoms with Gasteiger partial charge in [-0.2, -0.15) is 0 Å². The van der Waals surface area contributed by atoms with Crippen molar-refractivity contribution in [1.29, 1.82) is 0 Å². The van der Waals surface area contributed by atoms with Gasteiger partial charge in [0.2, 0.25) is 0 Å². The summed E-state index contributed by atoms with van der Waals surface area (Å²) < 4.78 is 25.8. The van der Waals surface area contributed by atoms with Crippen LogP contribution >= 0.6 is 11.6 Å². The molecule has 1 rings (SSSR count). The second kappa shape index (κ2) is 3.79. The average molecular weight is 213 g/mol. The van der Waals surface area contributed by atoms with Crippen molar-refractivity contribution in [2.75, 3.05) is 5.32 Å². The Morgan fingerprint density at radius 2 is 1.93 bits per heavy atom. The van der Waals surface area contributed by atoms with E-state index in [0.717, 1.165) is 12.1 Å². The molecule has 0 amide bonds. The van der Waals surface area contributed by atoms with E-state index >= 15 is 0 Å². The SMILES string of the molecule is [B]C([B])(O)Nc1ccc(F)c(Cl)c1F. The van der Waals surface area contributed by atoms with Crippen LogP contribution in [0, 0.1) is 11.6 Å². The van der Waals surface area contributed by atoms with Gasteiger partial charge in [0.05, 0.1) is 5.69 Å². The van der Waals surface area contributed by atoms with E-state index in [2.05, 4.69) is 0 Å². The maximum absolute atomic E-state index is 13.1. The zero-order valence-electron chi connectivity index (χ0n) is 6.89. The number of nitrogens with one attached hydrogen (secondary N) is 1. The Balaban J connectivity index is 3.06. The van der Waals surface area contributed by atoms with Crippen molar-refractivity contribution in [3.05, 3.63) is 28.8 Å². The lowest BCUT2D eigenvalue weighted by molar-refractivity contribution is 0.242. The molecule has 0 heterocycles. The highest BCUT2D eigenvalue weighted by Crippen LogP contribution is 2.26. The summed E-state index contributed by atoms with van der Waals surface area (Å²) in [5.41, 5.74) is -2.58. The molecule has 0 fully saturated rings. The van der Waals surface area contributed by atoms with Crippen LogP contribution in [0.15, 0.2) is 12.1 Å². The zero-order chi connectivity index (χ0) is 10.9. The summed E-state index contributed by atoms with van der Waals surface area (Å²) in [5.74, 6) is -1.98. The number of anilines is 1. The van der Waals surface area contributed by atoms with E-state index in [0.29, 0.717) is 0 Å². The summed E-state index contributed by atoms with van der Waals surface area (Å²) in [6.07, 6.45) is 0. The van der Waals surface area contributed by atoms with Crippen LogP contribution in [-0.2, 0) is 0 Å². The van der Waals surface area contributed by atoms with Crippen molar-refractivity contribution >= 4 is 33.0 Å². The topological polar surface area (TPSA) is 32.3 Å². The van der Waals surface area contributed by atoms with Gasteiger partial charge in [0.15, 0.2) is 5.82 Å². The molecule has 1 aromatic rings. The summed E-state index contributed by atoms with van der Waals surface area (Å²) in [6.45, 7) is 0. The Hall–Kier alpha value is -0.740. The van der Waals surface area contributed by atoms with Gasteiger partial charge in [-0.1, -0.05) is 11.6 Å². The highest BCUT2D eigenvalue weighted by Gasteiger charge is 2.16. The van der Waals surface area contributed by atoms with E-state index in [9.17, 15) is 8.78 Å². The van der Waals surface area contributed by atoms with Crippen LogP contribution in [0.25, 0.3) is 0 Å². The Labute approximate surface area is 87.1 Å². The smallest absolute Gasteiger partial charge is 0.167 e. The molecule has 0 atom stereocenters. The number of halogens is 3. The molecule has 70 valence electrons. The predicted octanol–water partition coefficient (Wildman–Crippen LogP) is 0.971. The Kier molecular flexibility index (Phi) is 3.07. The Bertz CT molecular complexity index is 356. The maximum Gasteiger partial charge on any atom is 0.167 e. The quantitative estimate of drug-likeness (QED) is 0.436. The molecular weight excluding hydrogens is 209 g/mol. The van der Waals surface area contributed by atoms with Gasteiger partial charge in [0, 0.05) is 5.52 Å². The van der Waals surface area contributed by atoms with Gasteiger partial charge < -0.3 is 10.4 Å². The molecule has 7 heteroatoms. The molecule has 2 N–H and O–H groups in total. The van der Waals surface area contributed by atoms with Gasteiger partial charge >= 0.3 is 0 Å². The van der Waals surface area contributed by atoms with Crippen molar-refractivity contribution < 1.29 is 13.9 Å². The van der Waals surface area contributed by atoms with E-state index in [1.54, 1.807) is 0 Å². The fourth-order valence-electron chi connectivity index (χ4n) is 0.838. The molecule has 0 aliphatic carbocycles. The van der Waals surface area contributed by atoms with E-state index in [1.165, 1.54) is 0 Å². The minimum atomic E-state index is -2.29. The van der Waals surface area contributed by atoms with Crippen molar-refractivity contribution in [1.82, 2.24) is 0 Å². The lowest BCUT2D eigenvalue weighted by Gasteiger charge is -2.22. The van der Waals surface area contributed by atoms with Gasteiger partial charge in [0.1, 0.15) is 26.5 Å². The van der Waals surface area contributed by atoms with Crippen molar-refractivity contribution in [3.63, 3.8) is 0 Å². The number of hydrogen-bond donors (Lipinski definition) is 2. The largest absolute Gasteiger partial charge is 0.390 e. The first-order valence-corrected chi connectivity index (χ1v) is 3.91. The fourth-order valence-corrected chi connectivity index (χ4v) is 1.00. The summed E-state index contributed by atoms with van der Waals surface area (Å²) >= 11 is 5.26. The molecule has 0 saturated carbocycles. The van der Waals surface area contributed by atoms with Crippen molar-refractivity contribution in [2.45, 2.75) is 5.52 Å². The number of benzene rings is 1. The first kappa shape index (κ1) is 11.3. The normalized spacial score (nSPS) is 11.4. The molecule has 0 aliphatic rings. The van der Waals surface area contributed by atoms with E-state index in [4.69, 9.17) is 32.4 Å². The molecule has 0 bridgehead atoms. The third-order valence-corrected chi connectivity index (χ3v) is 1.72. The summed E-state index contributed by atoms with van der Waals surface area (Å²) in [5, 5.41) is 10.2. The van der Waals surface area contributed by atoms with Crippen LogP contribution in [0.5, 0.6) is 0 Å². The van der Waals surface area contributed by atoms with Crippen LogP contribution in [-0.4, -0.2) is 26.3 Å². The molecule has 0 aliphatic heterocycles. The lowest BCUT2D eigenvalue weighted by atomic mass is 9.73. The molecule has 0 aromatic heterocycles. The summed E-state index contributed by atoms with van der Waals surface area (Å²) in [7, 11) is 9.89. The zero-order valence-corrected chi connectivity index (χ0v) is 7.65. The van der Waals surface area contributed by atoms with Crippen LogP contribution in [0.3, 0.4) is 0 Å². The van der Waals surface area contributed by atoms with Crippen molar-refractivity contribution in [3.8, 4) is 0 Å². The average Bonchev–Trinajstić information content (AvgIpc) is 2.04. The number of hydrogen-bond acceptors (Lipinski definition) is 2. The highest BCUT2D eigenvalue weighted by molar-refractivity contribution is 6.40. The molecule has 2 nitrogen and oxygen atoms in total. The standard InChI is InChI=1S/C7H4B2ClF2NO/c8-7(9,14)13-4-2-1-3(11)5(10)6(4)12/h1-2,13-14H. The summed E-state index contributed by atoms with van der Waals surface area (Å²) in [4.78, 5) is 0. The van der Waals surface area contributed by atoms with Gasteiger partial charge in [0.25, 0.3) is 0 Å². The fraction of sp³-hybridized carbons (Fsp3) is 0.143. The molecule has 1 aromatic carbocycles. The van der Waals surface area contributed by atoms with Crippen LogP contribution in [0.2, 0.25) is 5.02 Å². The third-order valence-electron chi connectivity index (χ3n) is 1.37. The van der Waals surface area contributed by atoms with E-state index in [1.807, 2.05) is 5.32 Å². The van der Waals surface area contributed by atoms with E-state index < -0.39 is 22.2 Å². The molecular formula is C7H4B2ClF2NO. The van der Waals surface area contributed by atoms with E-state index in [-0.39, 0.29) is 5.69 Å². The summed E-state index contributed by atoms with van der Waals surface area (Å²) in [6, 6.07) is 1.93. The van der Waals surface area contributed by atoms with Crippen LogP contribution in [0.4, 0.5) is 14.5 Å². The predicted molar refractivity (Wildman–Crippen MR) is 51.4 cm³/mol. The Morgan fingerprint density at radius 1 is 1.36 bits per heavy atom.